The summed E-state index contributed by atoms with van der Waals surface area (Å²) in [6, 6.07) is 0. The van der Waals surface area contributed by atoms with Crippen LogP contribution in [0.5, 0.6) is 0 Å². The first-order valence-electron chi connectivity index (χ1n) is 3.79. The number of carbonyl (C=O) groups is 1. The van der Waals surface area contributed by atoms with E-state index in [1.54, 1.807) is 0 Å². The second-order valence-electron chi connectivity index (χ2n) is 3.51. The Bertz CT molecular complexity index is 127. The Morgan fingerprint density at radius 1 is 1.45 bits per heavy atom. The molecule has 0 aliphatic rings. The summed E-state index contributed by atoms with van der Waals surface area (Å²) in [6.07, 6.45) is 0. The van der Waals surface area contributed by atoms with Crippen molar-refractivity contribution in [2.24, 2.45) is 11.1 Å². The lowest BCUT2D eigenvalue weighted by molar-refractivity contribution is -0.130. The van der Waals surface area contributed by atoms with Crippen LogP contribution in [0.25, 0.3) is 0 Å². The number of carbonyl (C=O) groups excluding carboxylic acids is 1. The fourth-order valence-electron chi connectivity index (χ4n) is 0.465. The molecule has 3 nitrogen and oxygen atoms in total. The minimum Gasteiger partial charge on any atom is -0.372 e. The number of hydrogen-bond donors (Lipinski definition) is 1. The Hall–Kier alpha value is -0.410. The molecule has 0 saturated heterocycles. The molecule has 0 bridgehead atoms. The predicted octanol–water partition coefficient (Wildman–Crippen LogP) is 0.577. The van der Waals surface area contributed by atoms with Gasteiger partial charge in [0.15, 0.2) is 5.78 Å². The van der Waals surface area contributed by atoms with Crippen molar-refractivity contribution >= 4 is 5.78 Å². The van der Waals surface area contributed by atoms with E-state index < -0.39 is 0 Å². The molecule has 0 aliphatic heterocycles. The first-order valence-corrected chi connectivity index (χ1v) is 3.79. The number of Topliss-reactive ketones (excluding diaryl/α,β-unsaturated/α-hetero) is 1. The van der Waals surface area contributed by atoms with E-state index in [0.717, 1.165) is 0 Å². The van der Waals surface area contributed by atoms with Crippen molar-refractivity contribution < 1.29 is 9.53 Å². The van der Waals surface area contributed by atoms with Crippen molar-refractivity contribution in [3.63, 3.8) is 0 Å². The van der Waals surface area contributed by atoms with Gasteiger partial charge < -0.3 is 10.5 Å². The van der Waals surface area contributed by atoms with Crippen molar-refractivity contribution in [1.82, 2.24) is 0 Å². The fraction of sp³-hybridized carbons (Fsp3) is 0.875. The van der Waals surface area contributed by atoms with E-state index in [-0.39, 0.29) is 17.8 Å². The Morgan fingerprint density at radius 2 is 2.00 bits per heavy atom. The Balaban J connectivity index is 3.54. The molecule has 3 heteroatoms. The monoisotopic (exact) mass is 159 g/mol. The Morgan fingerprint density at radius 3 is 2.36 bits per heavy atom. The van der Waals surface area contributed by atoms with Crippen molar-refractivity contribution in [1.29, 1.82) is 0 Å². The molecule has 0 unspecified atom stereocenters. The average molecular weight is 159 g/mol. The molecule has 0 saturated carbocycles. The average Bonchev–Trinajstić information content (AvgIpc) is 1.86. The van der Waals surface area contributed by atoms with Gasteiger partial charge in [-0.25, -0.2) is 0 Å². The number of ether oxygens (including phenoxy) is 1. The van der Waals surface area contributed by atoms with E-state index in [2.05, 4.69) is 0 Å². The van der Waals surface area contributed by atoms with Crippen molar-refractivity contribution in [2.75, 3.05) is 19.8 Å². The molecule has 0 aliphatic carbocycles. The fourth-order valence-corrected chi connectivity index (χ4v) is 0.465. The van der Waals surface area contributed by atoms with Crippen LogP contribution in [0, 0.1) is 5.41 Å². The molecule has 0 rings (SSSR count). The minimum atomic E-state index is -0.297. The number of hydrogen-bond acceptors (Lipinski definition) is 3. The SMILES string of the molecule is CC(C)(C)C(=O)COCCN. The summed E-state index contributed by atoms with van der Waals surface area (Å²) in [6.45, 7) is 6.74. The van der Waals surface area contributed by atoms with E-state index in [9.17, 15) is 4.79 Å². The summed E-state index contributed by atoms with van der Waals surface area (Å²) in [5.41, 5.74) is 4.89. The summed E-state index contributed by atoms with van der Waals surface area (Å²) < 4.78 is 5.00. The van der Waals surface area contributed by atoms with Gasteiger partial charge in [0.25, 0.3) is 0 Å². The van der Waals surface area contributed by atoms with Crippen molar-refractivity contribution in [3.05, 3.63) is 0 Å². The molecular formula is C8H17NO2. The first kappa shape index (κ1) is 10.6. The van der Waals surface area contributed by atoms with Crippen LogP contribution in [0.4, 0.5) is 0 Å². The molecule has 0 aromatic heterocycles. The van der Waals surface area contributed by atoms with Gasteiger partial charge in [-0.15, -0.1) is 0 Å². The molecule has 11 heavy (non-hydrogen) atoms. The molecule has 0 aromatic rings. The number of ketones is 1. The smallest absolute Gasteiger partial charge is 0.163 e. The summed E-state index contributed by atoms with van der Waals surface area (Å²) in [7, 11) is 0. The molecule has 0 spiro atoms. The van der Waals surface area contributed by atoms with Gasteiger partial charge in [-0.3, -0.25) is 4.79 Å². The second-order valence-corrected chi connectivity index (χ2v) is 3.51. The lowest BCUT2D eigenvalue weighted by Gasteiger charge is -2.15. The van der Waals surface area contributed by atoms with Crippen LogP contribution in [0.15, 0.2) is 0 Å². The van der Waals surface area contributed by atoms with Gasteiger partial charge in [-0.05, 0) is 0 Å². The van der Waals surface area contributed by atoms with Crippen LogP contribution >= 0.6 is 0 Å². The lowest BCUT2D eigenvalue weighted by atomic mass is 9.91. The number of rotatable bonds is 4. The Kier molecular flexibility index (Phi) is 4.30. The zero-order valence-corrected chi connectivity index (χ0v) is 7.52. The largest absolute Gasteiger partial charge is 0.372 e. The first-order chi connectivity index (χ1) is 4.98. The Labute approximate surface area is 67.9 Å². The predicted molar refractivity (Wildman–Crippen MR) is 44.3 cm³/mol. The molecule has 66 valence electrons. The molecule has 0 aromatic carbocycles. The van der Waals surface area contributed by atoms with Crippen molar-refractivity contribution in [3.8, 4) is 0 Å². The molecular weight excluding hydrogens is 142 g/mol. The molecule has 0 heterocycles. The highest BCUT2D eigenvalue weighted by Gasteiger charge is 2.20. The van der Waals surface area contributed by atoms with E-state index in [1.807, 2.05) is 20.8 Å². The maximum Gasteiger partial charge on any atom is 0.163 e. The van der Waals surface area contributed by atoms with Gasteiger partial charge in [0, 0.05) is 12.0 Å². The summed E-state index contributed by atoms with van der Waals surface area (Å²) in [5, 5.41) is 0. The van der Waals surface area contributed by atoms with Crippen LogP contribution in [0.3, 0.4) is 0 Å². The highest BCUT2D eigenvalue weighted by atomic mass is 16.5. The summed E-state index contributed by atoms with van der Waals surface area (Å²) >= 11 is 0. The van der Waals surface area contributed by atoms with E-state index in [1.165, 1.54) is 0 Å². The number of nitrogens with two attached hydrogens (primary N) is 1. The van der Waals surface area contributed by atoms with Crippen LogP contribution in [0.2, 0.25) is 0 Å². The maximum absolute atomic E-state index is 11.2. The van der Waals surface area contributed by atoms with Crippen LogP contribution in [-0.2, 0) is 9.53 Å². The van der Waals surface area contributed by atoms with Gasteiger partial charge in [0.1, 0.15) is 6.61 Å². The third-order valence-corrected chi connectivity index (χ3v) is 1.33. The molecule has 0 atom stereocenters. The topological polar surface area (TPSA) is 52.3 Å². The summed E-state index contributed by atoms with van der Waals surface area (Å²) in [5.74, 6) is 0.117. The van der Waals surface area contributed by atoms with Gasteiger partial charge in [-0.2, -0.15) is 0 Å². The van der Waals surface area contributed by atoms with Gasteiger partial charge in [-0.1, -0.05) is 20.8 Å². The molecule has 0 amide bonds. The summed E-state index contributed by atoms with van der Waals surface area (Å²) in [4.78, 5) is 11.2. The third kappa shape index (κ3) is 4.93. The zero-order chi connectivity index (χ0) is 8.91. The highest BCUT2D eigenvalue weighted by Crippen LogP contribution is 2.13. The zero-order valence-electron chi connectivity index (χ0n) is 7.52. The van der Waals surface area contributed by atoms with E-state index in [0.29, 0.717) is 13.2 Å². The third-order valence-electron chi connectivity index (χ3n) is 1.33. The quantitative estimate of drug-likeness (QED) is 0.610. The lowest BCUT2D eigenvalue weighted by Crippen LogP contribution is -2.26. The van der Waals surface area contributed by atoms with E-state index >= 15 is 0 Å². The van der Waals surface area contributed by atoms with Gasteiger partial charge in [0.05, 0.1) is 6.61 Å². The molecule has 0 fully saturated rings. The van der Waals surface area contributed by atoms with Gasteiger partial charge >= 0.3 is 0 Å². The maximum atomic E-state index is 11.2. The molecule has 0 radical (unpaired) electrons. The highest BCUT2D eigenvalue weighted by molar-refractivity contribution is 5.84. The van der Waals surface area contributed by atoms with Gasteiger partial charge in [0.2, 0.25) is 0 Å². The van der Waals surface area contributed by atoms with E-state index in [4.69, 9.17) is 10.5 Å². The van der Waals surface area contributed by atoms with Crippen LogP contribution in [-0.4, -0.2) is 25.5 Å². The molecule has 2 N–H and O–H groups in total. The minimum absolute atomic E-state index is 0.117. The normalized spacial score (nSPS) is 11.6. The standard InChI is InChI=1S/C8H17NO2/c1-8(2,3)7(10)6-11-5-4-9/h4-6,9H2,1-3H3. The second kappa shape index (κ2) is 4.46. The van der Waals surface area contributed by atoms with Crippen LogP contribution in [0.1, 0.15) is 20.8 Å². The van der Waals surface area contributed by atoms with Crippen LogP contribution < -0.4 is 5.73 Å². The van der Waals surface area contributed by atoms with Crippen molar-refractivity contribution in [2.45, 2.75) is 20.8 Å².